The Labute approximate surface area is 96.4 Å². The van der Waals surface area contributed by atoms with E-state index >= 15 is 0 Å². The minimum Gasteiger partial charge on any atom is -0.383 e. The number of amides is 1. The fraction of sp³-hybridized carbons (Fsp3) is 0.727. The number of methoxy groups -OCH3 is 1. The number of morpholine rings is 1. The van der Waals surface area contributed by atoms with Crippen LogP contribution in [0.2, 0.25) is 0 Å². The summed E-state index contributed by atoms with van der Waals surface area (Å²) in [5.74, 6) is 0.0525. The van der Waals surface area contributed by atoms with Crippen molar-refractivity contribution in [2.75, 3.05) is 46.6 Å². The van der Waals surface area contributed by atoms with Crippen LogP contribution >= 0.6 is 0 Å². The predicted octanol–water partition coefficient (Wildman–Crippen LogP) is -0.364. The summed E-state index contributed by atoms with van der Waals surface area (Å²) in [7, 11) is 1.62. The molecule has 0 radical (unpaired) electrons. The Hall–Kier alpha value is -0.910. The second kappa shape index (κ2) is 7.38. The second-order valence-electron chi connectivity index (χ2n) is 3.65. The molecule has 1 unspecified atom stereocenters. The number of ether oxygens (including phenoxy) is 2. The quantitative estimate of drug-likeness (QED) is 0.631. The van der Waals surface area contributed by atoms with E-state index in [-0.39, 0.29) is 11.9 Å². The van der Waals surface area contributed by atoms with E-state index < -0.39 is 0 Å². The molecule has 0 spiro atoms. The van der Waals surface area contributed by atoms with Gasteiger partial charge in [-0.1, -0.05) is 6.08 Å². The fourth-order valence-electron chi connectivity index (χ4n) is 1.59. The highest BCUT2D eigenvalue weighted by Crippen LogP contribution is 2.00. The van der Waals surface area contributed by atoms with Gasteiger partial charge in [0.25, 0.3) is 0 Å². The molecule has 1 fully saturated rings. The molecule has 1 aliphatic heterocycles. The van der Waals surface area contributed by atoms with Crippen LogP contribution in [0.15, 0.2) is 12.7 Å². The van der Waals surface area contributed by atoms with Crippen LogP contribution in [0.3, 0.4) is 0 Å². The average Bonchev–Trinajstić information content (AvgIpc) is 2.35. The first kappa shape index (κ1) is 13.2. The largest absolute Gasteiger partial charge is 0.383 e. The maximum atomic E-state index is 12.1. The summed E-state index contributed by atoms with van der Waals surface area (Å²) in [4.78, 5) is 13.8. The molecule has 0 saturated carbocycles. The molecule has 1 atom stereocenters. The highest BCUT2D eigenvalue weighted by atomic mass is 16.5. The lowest BCUT2D eigenvalue weighted by Crippen LogP contribution is -2.53. The molecule has 1 N–H and O–H groups in total. The van der Waals surface area contributed by atoms with Gasteiger partial charge in [0, 0.05) is 26.7 Å². The van der Waals surface area contributed by atoms with Crippen molar-refractivity contribution in [3.8, 4) is 0 Å². The summed E-state index contributed by atoms with van der Waals surface area (Å²) in [6, 6.07) is -0.231. The van der Waals surface area contributed by atoms with E-state index in [1.807, 2.05) is 0 Å². The molecule has 1 amide bonds. The molecule has 0 aromatic carbocycles. The number of nitrogens with zero attached hydrogens (tertiary/aromatic N) is 1. The van der Waals surface area contributed by atoms with Crippen molar-refractivity contribution in [3.63, 3.8) is 0 Å². The van der Waals surface area contributed by atoms with Gasteiger partial charge < -0.3 is 19.7 Å². The first-order chi connectivity index (χ1) is 7.79. The van der Waals surface area contributed by atoms with E-state index in [1.165, 1.54) is 0 Å². The van der Waals surface area contributed by atoms with Crippen LogP contribution in [0.25, 0.3) is 0 Å². The normalized spacial score (nSPS) is 20.4. The highest BCUT2D eigenvalue weighted by Gasteiger charge is 2.25. The maximum Gasteiger partial charge on any atom is 0.242 e. The van der Waals surface area contributed by atoms with Crippen molar-refractivity contribution in [2.45, 2.75) is 6.04 Å². The third-order valence-corrected chi connectivity index (χ3v) is 2.45. The molecule has 0 aromatic heterocycles. The fourth-order valence-corrected chi connectivity index (χ4v) is 1.59. The van der Waals surface area contributed by atoms with Gasteiger partial charge in [0.15, 0.2) is 0 Å². The zero-order valence-electron chi connectivity index (χ0n) is 9.78. The Morgan fingerprint density at radius 1 is 1.75 bits per heavy atom. The van der Waals surface area contributed by atoms with Gasteiger partial charge in [0.2, 0.25) is 5.91 Å². The summed E-state index contributed by atoms with van der Waals surface area (Å²) in [6.45, 7) is 7.15. The van der Waals surface area contributed by atoms with Gasteiger partial charge in [-0.05, 0) is 0 Å². The lowest BCUT2D eigenvalue weighted by Gasteiger charge is -2.29. The van der Waals surface area contributed by atoms with Crippen LogP contribution in [0.1, 0.15) is 0 Å². The zero-order chi connectivity index (χ0) is 11.8. The van der Waals surface area contributed by atoms with E-state index in [0.29, 0.717) is 32.9 Å². The first-order valence-corrected chi connectivity index (χ1v) is 5.49. The summed E-state index contributed by atoms with van der Waals surface area (Å²) in [5.41, 5.74) is 0. The Morgan fingerprint density at radius 2 is 2.56 bits per heavy atom. The molecule has 1 heterocycles. The Kier molecular flexibility index (Phi) is 6.07. The summed E-state index contributed by atoms with van der Waals surface area (Å²) >= 11 is 0. The van der Waals surface area contributed by atoms with Gasteiger partial charge in [0.05, 0.1) is 19.8 Å². The lowest BCUT2D eigenvalue weighted by atomic mass is 10.2. The highest BCUT2D eigenvalue weighted by molar-refractivity contribution is 5.82. The van der Waals surface area contributed by atoms with Crippen molar-refractivity contribution >= 4 is 5.91 Å². The molecular formula is C11H20N2O3. The second-order valence-corrected chi connectivity index (χ2v) is 3.65. The number of carbonyl (C=O) groups is 1. The average molecular weight is 228 g/mol. The molecular weight excluding hydrogens is 208 g/mol. The molecule has 5 heteroatoms. The van der Waals surface area contributed by atoms with Gasteiger partial charge >= 0.3 is 0 Å². The van der Waals surface area contributed by atoms with E-state index in [4.69, 9.17) is 9.47 Å². The topological polar surface area (TPSA) is 50.8 Å². The van der Waals surface area contributed by atoms with E-state index in [1.54, 1.807) is 18.1 Å². The predicted molar refractivity (Wildman–Crippen MR) is 61.3 cm³/mol. The monoisotopic (exact) mass is 228 g/mol. The summed E-state index contributed by atoms with van der Waals surface area (Å²) in [6.07, 6.45) is 1.72. The van der Waals surface area contributed by atoms with Gasteiger partial charge in [-0.15, -0.1) is 6.58 Å². The minimum absolute atomic E-state index is 0.0525. The number of nitrogens with one attached hydrogen (secondary N) is 1. The third-order valence-electron chi connectivity index (χ3n) is 2.45. The van der Waals surface area contributed by atoms with E-state index in [9.17, 15) is 4.79 Å². The van der Waals surface area contributed by atoms with Gasteiger partial charge in [-0.25, -0.2) is 0 Å². The standard InChI is InChI=1S/C11H20N2O3/c1-3-5-13(6-8-15-2)11(14)10-9-16-7-4-12-10/h3,10,12H,1,4-9H2,2H3. The number of rotatable bonds is 6. The Morgan fingerprint density at radius 3 is 3.12 bits per heavy atom. The van der Waals surface area contributed by atoms with Crippen LogP contribution in [0.4, 0.5) is 0 Å². The number of hydrogen-bond acceptors (Lipinski definition) is 4. The van der Waals surface area contributed by atoms with Crippen molar-refractivity contribution in [1.82, 2.24) is 10.2 Å². The van der Waals surface area contributed by atoms with Crippen molar-refractivity contribution < 1.29 is 14.3 Å². The molecule has 1 rings (SSSR count). The van der Waals surface area contributed by atoms with Crippen LogP contribution in [-0.4, -0.2) is 63.4 Å². The molecule has 1 saturated heterocycles. The summed E-state index contributed by atoms with van der Waals surface area (Å²) < 4.78 is 10.2. The van der Waals surface area contributed by atoms with Gasteiger partial charge in [-0.2, -0.15) is 0 Å². The van der Waals surface area contributed by atoms with Crippen molar-refractivity contribution in [2.24, 2.45) is 0 Å². The minimum atomic E-state index is -0.231. The smallest absolute Gasteiger partial charge is 0.242 e. The van der Waals surface area contributed by atoms with Gasteiger partial charge in [-0.3, -0.25) is 4.79 Å². The zero-order valence-corrected chi connectivity index (χ0v) is 9.78. The number of hydrogen-bond donors (Lipinski definition) is 1. The molecule has 16 heavy (non-hydrogen) atoms. The Bertz CT molecular complexity index is 227. The molecule has 0 aromatic rings. The maximum absolute atomic E-state index is 12.1. The van der Waals surface area contributed by atoms with Crippen LogP contribution < -0.4 is 5.32 Å². The molecule has 0 aliphatic carbocycles. The SMILES string of the molecule is C=CCN(CCOC)C(=O)C1COCCN1. The molecule has 92 valence electrons. The third kappa shape index (κ3) is 3.92. The summed E-state index contributed by atoms with van der Waals surface area (Å²) in [5, 5.41) is 3.14. The van der Waals surface area contributed by atoms with Crippen molar-refractivity contribution in [3.05, 3.63) is 12.7 Å². The van der Waals surface area contributed by atoms with Crippen LogP contribution in [0.5, 0.6) is 0 Å². The molecule has 0 bridgehead atoms. The van der Waals surface area contributed by atoms with Crippen molar-refractivity contribution in [1.29, 1.82) is 0 Å². The molecule has 5 nitrogen and oxygen atoms in total. The van der Waals surface area contributed by atoms with Crippen LogP contribution in [-0.2, 0) is 14.3 Å². The van der Waals surface area contributed by atoms with E-state index in [2.05, 4.69) is 11.9 Å². The number of carbonyl (C=O) groups excluding carboxylic acids is 1. The van der Waals surface area contributed by atoms with Gasteiger partial charge in [0.1, 0.15) is 6.04 Å². The lowest BCUT2D eigenvalue weighted by molar-refractivity contribution is -0.136. The van der Waals surface area contributed by atoms with E-state index in [0.717, 1.165) is 6.54 Å². The van der Waals surface area contributed by atoms with Crippen LogP contribution in [0, 0.1) is 0 Å². The Balaban J connectivity index is 2.47. The molecule has 1 aliphatic rings. The first-order valence-electron chi connectivity index (χ1n) is 5.49.